The first-order valence-corrected chi connectivity index (χ1v) is 9.24. The van der Waals surface area contributed by atoms with Crippen LogP contribution in [0.4, 0.5) is 0 Å². The monoisotopic (exact) mass is 357 g/mol. The molecule has 2 rings (SSSR count). The molecule has 8 heteroatoms. The van der Waals surface area contributed by atoms with Gasteiger partial charge in [-0.05, 0) is 38.1 Å². The van der Waals surface area contributed by atoms with Gasteiger partial charge in [-0.15, -0.1) is 0 Å². The summed E-state index contributed by atoms with van der Waals surface area (Å²) in [6.45, 7) is 3.45. The summed E-state index contributed by atoms with van der Waals surface area (Å²) < 4.78 is 28.1. The van der Waals surface area contributed by atoms with Crippen molar-refractivity contribution >= 4 is 42.9 Å². The molecule has 0 amide bonds. The van der Waals surface area contributed by atoms with Gasteiger partial charge in [0, 0.05) is 17.2 Å². The maximum absolute atomic E-state index is 11.3. The van der Waals surface area contributed by atoms with Gasteiger partial charge in [0.2, 0.25) is 0 Å². The topological polar surface area (TPSA) is 46.6 Å². The normalized spacial score (nSPS) is 16.6. The molecule has 20 heavy (non-hydrogen) atoms. The molecule has 0 N–H and O–H groups in total. The average molecular weight is 359 g/mol. The molecule has 0 bridgehead atoms. The summed E-state index contributed by atoms with van der Waals surface area (Å²) in [6.07, 6.45) is 2.43. The van der Waals surface area contributed by atoms with Crippen LogP contribution < -0.4 is 4.74 Å². The Labute approximate surface area is 133 Å². The lowest BCUT2D eigenvalue weighted by atomic mass is 10.3. The molecule has 1 saturated heterocycles. The molecule has 1 aliphatic rings. The first-order chi connectivity index (χ1) is 9.39. The molecule has 0 aliphatic carbocycles. The molecule has 0 saturated carbocycles. The number of hydrogen-bond acceptors (Lipinski definition) is 4. The molecule has 0 radical (unpaired) electrons. The van der Waals surface area contributed by atoms with E-state index in [1.54, 1.807) is 0 Å². The second-order valence-corrected chi connectivity index (χ2v) is 7.82. The highest BCUT2D eigenvalue weighted by Crippen LogP contribution is 2.37. The van der Waals surface area contributed by atoms with Crippen molar-refractivity contribution in [2.45, 2.75) is 17.7 Å². The second-order valence-electron chi connectivity index (χ2n) is 4.52. The Bertz CT molecular complexity index is 586. The molecular formula is C12H14Cl3NO3S. The van der Waals surface area contributed by atoms with Crippen LogP contribution in [0, 0.1) is 0 Å². The third-order valence-corrected chi connectivity index (χ3v) is 5.48. The van der Waals surface area contributed by atoms with Gasteiger partial charge in [0.25, 0.3) is 9.05 Å². The van der Waals surface area contributed by atoms with Gasteiger partial charge >= 0.3 is 0 Å². The number of benzene rings is 1. The van der Waals surface area contributed by atoms with Gasteiger partial charge in [0.15, 0.2) is 0 Å². The lowest BCUT2D eigenvalue weighted by Crippen LogP contribution is -2.25. The van der Waals surface area contributed by atoms with Crippen LogP contribution in [0.5, 0.6) is 5.75 Å². The van der Waals surface area contributed by atoms with E-state index in [-0.39, 0.29) is 14.9 Å². The van der Waals surface area contributed by atoms with Crippen molar-refractivity contribution in [1.29, 1.82) is 0 Å². The van der Waals surface area contributed by atoms with Gasteiger partial charge in [-0.3, -0.25) is 4.90 Å². The van der Waals surface area contributed by atoms with E-state index in [2.05, 4.69) is 4.90 Å². The van der Waals surface area contributed by atoms with E-state index in [9.17, 15) is 8.42 Å². The summed E-state index contributed by atoms with van der Waals surface area (Å²) in [6, 6.07) is 2.76. The Morgan fingerprint density at radius 2 is 1.80 bits per heavy atom. The Hall–Kier alpha value is -0.200. The highest BCUT2D eigenvalue weighted by molar-refractivity contribution is 8.13. The number of hydrogen-bond donors (Lipinski definition) is 0. The van der Waals surface area contributed by atoms with Crippen molar-refractivity contribution in [1.82, 2.24) is 4.90 Å². The molecule has 1 aliphatic heterocycles. The molecule has 112 valence electrons. The van der Waals surface area contributed by atoms with Crippen LogP contribution in [0.3, 0.4) is 0 Å². The van der Waals surface area contributed by atoms with E-state index in [0.717, 1.165) is 19.6 Å². The minimum Gasteiger partial charge on any atom is -0.491 e. The van der Waals surface area contributed by atoms with Crippen LogP contribution in [0.15, 0.2) is 17.0 Å². The molecular weight excluding hydrogens is 345 g/mol. The van der Waals surface area contributed by atoms with Gasteiger partial charge in [-0.25, -0.2) is 8.42 Å². The summed E-state index contributed by atoms with van der Waals surface area (Å²) in [5.41, 5.74) is 0. The second kappa shape index (κ2) is 6.71. The molecule has 1 aromatic carbocycles. The number of ether oxygens (including phenoxy) is 1. The van der Waals surface area contributed by atoms with Gasteiger partial charge in [-0.2, -0.15) is 0 Å². The molecule has 0 spiro atoms. The summed E-state index contributed by atoms with van der Waals surface area (Å²) in [7, 11) is 1.35. The molecule has 0 aromatic heterocycles. The highest BCUT2D eigenvalue weighted by Gasteiger charge is 2.20. The largest absolute Gasteiger partial charge is 0.491 e. The SMILES string of the molecule is O=S(=O)(Cl)c1ccc(OCCN2CCCC2)c(Cl)c1Cl. The third-order valence-electron chi connectivity index (χ3n) is 3.14. The van der Waals surface area contributed by atoms with Crippen molar-refractivity contribution in [3.63, 3.8) is 0 Å². The zero-order chi connectivity index (χ0) is 14.8. The number of likely N-dealkylation sites (tertiary alicyclic amines) is 1. The van der Waals surface area contributed by atoms with Crippen molar-refractivity contribution in [3.05, 3.63) is 22.2 Å². The van der Waals surface area contributed by atoms with E-state index in [1.807, 2.05) is 0 Å². The van der Waals surface area contributed by atoms with Crippen LogP contribution in [0.2, 0.25) is 10.0 Å². The predicted octanol–water partition coefficient (Wildman–Crippen LogP) is 3.40. The molecule has 4 nitrogen and oxygen atoms in total. The van der Waals surface area contributed by atoms with E-state index >= 15 is 0 Å². The maximum atomic E-state index is 11.3. The number of halogens is 3. The summed E-state index contributed by atoms with van der Waals surface area (Å²) in [4.78, 5) is 2.09. The molecule has 0 atom stereocenters. The van der Waals surface area contributed by atoms with Crippen LogP contribution >= 0.6 is 33.9 Å². The maximum Gasteiger partial charge on any atom is 0.262 e. The fraction of sp³-hybridized carbons (Fsp3) is 0.500. The molecule has 0 unspecified atom stereocenters. The average Bonchev–Trinajstić information content (AvgIpc) is 2.86. The summed E-state index contributed by atoms with van der Waals surface area (Å²) in [5.74, 6) is 0.361. The van der Waals surface area contributed by atoms with E-state index in [4.69, 9.17) is 38.6 Å². The van der Waals surface area contributed by atoms with E-state index in [1.165, 1.54) is 25.0 Å². The standard InChI is InChI=1S/C12H14Cl3NO3S/c13-11-9(19-8-7-16-5-1-2-6-16)3-4-10(12(11)14)20(15,17)18/h3-4H,1-2,5-8H2. The summed E-state index contributed by atoms with van der Waals surface area (Å²) >= 11 is 11.9. The smallest absolute Gasteiger partial charge is 0.262 e. The lowest BCUT2D eigenvalue weighted by Gasteiger charge is -2.16. The first kappa shape index (κ1) is 16.2. The molecule has 1 fully saturated rings. The first-order valence-electron chi connectivity index (χ1n) is 6.17. The van der Waals surface area contributed by atoms with Crippen molar-refractivity contribution in [2.75, 3.05) is 26.2 Å². The fourth-order valence-corrected chi connectivity index (χ4v) is 3.89. The number of rotatable bonds is 5. The van der Waals surface area contributed by atoms with Crippen LogP contribution in [-0.4, -0.2) is 39.6 Å². The Morgan fingerprint density at radius 3 is 2.40 bits per heavy atom. The van der Waals surface area contributed by atoms with Gasteiger partial charge < -0.3 is 4.74 Å². The van der Waals surface area contributed by atoms with Gasteiger partial charge in [-0.1, -0.05) is 23.2 Å². The van der Waals surface area contributed by atoms with Crippen molar-refractivity contribution < 1.29 is 13.2 Å². The predicted molar refractivity (Wildman–Crippen MR) is 80.7 cm³/mol. The number of nitrogens with zero attached hydrogens (tertiary/aromatic N) is 1. The van der Waals surface area contributed by atoms with E-state index in [0.29, 0.717) is 12.4 Å². The lowest BCUT2D eigenvalue weighted by molar-refractivity contribution is 0.238. The van der Waals surface area contributed by atoms with Crippen molar-refractivity contribution in [2.24, 2.45) is 0 Å². The van der Waals surface area contributed by atoms with Gasteiger partial charge in [0.1, 0.15) is 22.3 Å². The zero-order valence-electron chi connectivity index (χ0n) is 10.6. The Kier molecular flexibility index (Phi) is 5.42. The Morgan fingerprint density at radius 1 is 1.15 bits per heavy atom. The minimum absolute atomic E-state index is 0.0646. The van der Waals surface area contributed by atoms with Crippen LogP contribution in [0.25, 0.3) is 0 Å². The van der Waals surface area contributed by atoms with Crippen LogP contribution in [0.1, 0.15) is 12.8 Å². The summed E-state index contributed by atoms with van der Waals surface area (Å²) in [5, 5.41) is -0.0462. The quantitative estimate of drug-likeness (QED) is 0.757. The van der Waals surface area contributed by atoms with Gasteiger partial charge in [0.05, 0.1) is 5.02 Å². The molecule has 1 aromatic rings. The van der Waals surface area contributed by atoms with Crippen LogP contribution in [-0.2, 0) is 9.05 Å². The molecule has 1 heterocycles. The van der Waals surface area contributed by atoms with Crippen molar-refractivity contribution in [3.8, 4) is 5.75 Å². The third kappa shape index (κ3) is 3.92. The highest BCUT2D eigenvalue weighted by atomic mass is 35.7. The Balaban J connectivity index is 2.04. The minimum atomic E-state index is -3.91. The zero-order valence-corrected chi connectivity index (χ0v) is 13.7. The fourth-order valence-electron chi connectivity index (χ4n) is 2.10. The van der Waals surface area contributed by atoms with E-state index < -0.39 is 9.05 Å².